The number of hydrogen-bond acceptors (Lipinski definition) is 5. The normalized spacial score (nSPS) is 17.2. The lowest BCUT2D eigenvalue weighted by atomic mass is 10.3. The van der Waals surface area contributed by atoms with E-state index < -0.39 is 0 Å². The van der Waals surface area contributed by atoms with E-state index in [4.69, 9.17) is 0 Å². The third kappa shape index (κ3) is 3.36. The van der Waals surface area contributed by atoms with Gasteiger partial charge in [-0.1, -0.05) is 0 Å². The molecule has 5 heteroatoms. The van der Waals surface area contributed by atoms with Crippen molar-refractivity contribution in [1.29, 1.82) is 0 Å². The van der Waals surface area contributed by atoms with Crippen LogP contribution in [0.2, 0.25) is 0 Å². The smallest absolute Gasteiger partial charge is 0.150 e. The molecule has 0 N–H and O–H groups in total. The Kier molecular flexibility index (Phi) is 4.83. The highest BCUT2D eigenvalue weighted by molar-refractivity contribution is 7.98. The maximum absolute atomic E-state index is 4.62. The molecule has 0 amide bonds. The number of piperazine rings is 1. The molecule has 18 heavy (non-hydrogen) atoms. The molecule has 0 saturated carbocycles. The lowest BCUT2D eigenvalue weighted by Gasteiger charge is -2.35. The summed E-state index contributed by atoms with van der Waals surface area (Å²) in [5.74, 6) is 2.29. The number of thioether (sulfide) groups is 1. The van der Waals surface area contributed by atoms with Gasteiger partial charge in [0.05, 0.1) is 11.4 Å². The second-order valence-corrected chi connectivity index (χ2v) is 5.73. The summed E-state index contributed by atoms with van der Waals surface area (Å²) in [6, 6.07) is 0. The second-order valence-electron chi connectivity index (χ2n) is 4.74. The number of aryl methyl sites for hydroxylation is 2. The predicted molar refractivity (Wildman–Crippen MR) is 78.5 cm³/mol. The fourth-order valence-corrected chi connectivity index (χ4v) is 2.67. The zero-order valence-electron chi connectivity index (χ0n) is 11.5. The van der Waals surface area contributed by atoms with Crippen LogP contribution in [0, 0.1) is 13.8 Å². The van der Waals surface area contributed by atoms with Crippen molar-refractivity contribution < 1.29 is 0 Å². The number of hydrogen-bond donors (Lipinski definition) is 0. The van der Waals surface area contributed by atoms with Crippen molar-refractivity contribution in [3.63, 3.8) is 0 Å². The van der Waals surface area contributed by atoms with Crippen LogP contribution in [0.15, 0.2) is 6.20 Å². The van der Waals surface area contributed by atoms with Gasteiger partial charge in [0.25, 0.3) is 0 Å². The third-order valence-electron chi connectivity index (χ3n) is 3.33. The van der Waals surface area contributed by atoms with Gasteiger partial charge in [-0.15, -0.1) is 0 Å². The molecule has 4 nitrogen and oxygen atoms in total. The van der Waals surface area contributed by atoms with Crippen molar-refractivity contribution in [2.75, 3.05) is 49.6 Å². The Morgan fingerprint density at radius 2 is 1.94 bits per heavy atom. The standard InChI is InChI=1S/C13H22N4S/c1-11-10-14-12(2)13(15-11)17-6-4-16(5-7-17)8-9-18-3/h10H,4-9H2,1-3H3. The molecule has 1 aliphatic heterocycles. The first kappa shape index (κ1) is 13.6. The Labute approximate surface area is 114 Å². The third-order valence-corrected chi connectivity index (χ3v) is 3.93. The van der Waals surface area contributed by atoms with Gasteiger partial charge in [-0.3, -0.25) is 9.88 Å². The summed E-state index contributed by atoms with van der Waals surface area (Å²) in [7, 11) is 0. The van der Waals surface area contributed by atoms with E-state index in [0.717, 1.165) is 43.4 Å². The zero-order valence-corrected chi connectivity index (χ0v) is 12.3. The Balaban J connectivity index is 1.94. The van der Waals surface area contributed by atoms with Gasteiger partial charge in [-0.25, -0.2) is 4.98 Å². The van der Waals surface area contributed by atoms with Crippen LogP contribution in [0.4, 0.5) is 5.82 Å². The van der Waals surface area contributed by atoms with Gasteiger partial charge in [-0.2, -0.15) is 11.8 Å². The van der Waals surface area contributed by atoms with Gasteiger partial charge >= 0.3 is 0 Å². The highest BCUT2D eigenvalue weighted by atomic mass is 32.2. The van der Waals surface area contributed by atoms with Crippen molar-refractivity contribution in [3.8, 4) is 0 Å². The van der Waals surface area contributed by atoms with Crippen molar-refractivity contribution in [1.82, 2.24) is 14.9 Å². The molecule has 0 radical (unpaired) electrons. The molecule has 1 fully saturated rings. The monoisotopic (exact) mass is 266 g/mol. The molecule has 0 aliphatic carbocycles. The van der Waals surface area contributed by atoms with E-state index in [0.29, 0.717) is 0 Å². The van der Waals surface area contributed by atoms with E-state index >= 15 is 0 Å². The van der Waals surface area contributed by atoms with Gasteiger partial charge in [0.2, 0.25) is 0 Å². The molecule has 0 unspecified atom stereocenters. The maximum atomic E-state index is 4.62. The average Bonchev–Trinajstić information content (AvgIpc) is 2.40. The molecule has 2 rings (SSSR count). The van der Waals surface area contributed by atoms with Gasteiger partial charge in [0.15, 0.2) is 0 Å². The summed E-state index contributed by atoms with van der Waals surface area (Å²) in [5, 5.41) is 0. The van der Waals surface area contributed by atoms with Crippen LogP contribution in [0.3, 0.4) is 0 Å². The van der Waals surface area contributed by atoms with Crippen LogP contribution >= 0.6 is 11.8 Å². The molecule has 1 aromatic heterocycles. The minimum Gasteiger partial charge on any atom is -0.353 e. The summed E-state index contributed by atoms with van der Waals surface area (Å²) in [5.41, 5.74) is 2.04. The summed E-state index contributed by atoms with van der Waals surface area (Å²) in [6.45, 7) is 9.64. The van der Waals surface area contributed by atoms with E-state index in [1.807, 2.05) is 31.8 Å². The summed E-state index contributed by atoms with van der Waals surface area (Å²) in [6.07, 6.45) is 4.01. The maximum Gasteiger partial charge on any atom is 0.150 e. The molecular weight excluding hydrogens is 244 g/mol. The highest BCUT2D eigenvalue weighted by Crippen LogP contribution is 2.17. The summed E-state index contributed by atoms with van der Waals surface area (Å²) >= 11 is 1.92. The first-order valence-corrected chi connectivity index (χ1v) is 7.86. The molecule has 1 aliphatic rings. The Morgan fingerprint density at radius 1 is 1.22 bits per heavy atom. The first-order valence-electron chi connectivity index (χ1n) is 6.47. The molecule has 0 bridgehead atoms. The number of nitrogens with zero attached hydrogens (tertiary/aromatic N) is 4. The van der Waals surface area contributed by atoms with E-state index in [9.17, 15) is 0 Å². The number of rotatable bonds is 4. The minimum absolute atomic E-state index is 1.00. The molecule has 2 heterocycles. The number of aromatic nitrogens is 2. The van der Waals surface area contributed by atoms with Crippen LogP contribution < -0.4 is 4.90 Å². The van der Waals surface area contributed by atoms with Crippen molar-refractivity contribution in [3.05, 3.63) is 17.6 Å². The molecular formula is C13H22N4S. The molecule has 0 atom stereocenters. The van der Waals surface area contributed by atoms with E-state index in [1.54, 1.807) is 0 Å². The van der Waals surface area contributed by atoms with Gasteiger partial charge in [0.1, 0.15) is 5.82 Å². The van der Waals surface area contributed by atoms with Crippen LogP contribution in [-0.2, 0) is 0 Å². The molecule has 1 aromatic rings. The topological polar surface area (TPSA) is 32.3 Å². The highest BCUT2D eigenvalue weighted by Gasteiger charge is 2.19. The molecule has 0 spiro atoms. The summed E-state index contributed by atoms with van der Waals surface area (Å²) < 4.78 is 0. The first-order chi connectivity index (χ1) is 8.70. The SMILES string of the molecule is CSCCN1CCN(c2nc(C)cnc2C)CC1. The Bertz CT molecular complexity index is 389. The van der Waals surface area contributed by atoms with Crippen LogP contribution in [0.25, 0.3) is 0 Å². The molecule has 100 valence electrons. The molecule has 1 saturated heterocycles. The van der Waals surface area contributed by atoms with Crippen molar-refractivity contribution in [2.24, 2.45) is 0 Å². The summed E-state index contributed by atoms with van der Waals surface area (Å²) in [4.78, 5) is 13.9. The van der Waals surface area contributed by atoms with Crippen LogP contribution in [-0.4, -0.2) is 59.6 Å². The van der Waals surface area contributed by atoms with Gasteiger partial charge < -0.3 is 4.90 Å². The Hall–Kier alpha value is -0.810. The lowest BCUT2D eigenvalue weighted by molar-refractivity contribution is 0.272. The van der Waals surface area contributed by atoms with Gasteiger partial charge in [0, 0.05) is 44.7 Å². The fraction of sp³-hybridized carbons (Fsp3) is 0.692. The van der Waals surface area contributed by atoms with Crippen LogP contribution in [0.1, 0.15) is 11.4 Å². The van der Waals surface area contributed by atoms with Crippen LogP contribution in [0.5, 0.6) is 0 Å². The van der Waals surface area contributed by atoms with E-state index in [1.165, 1.54) is 12.3 Å². The fourth-order valence-electron chi connectivity index (χ4n) is 2.23. The quantitative estimate of drug-likeness (QED) is 0.826. The van der Waals surface area contributed by atoms with Crippen molar-refractivity contribution in [2.45, 2.75) is 13.8 Å². The average molecular weight is 266 g/mol. The van der Waals surface area contributed by atoms with Gasteiger partial charge in [-0.05, 0) is 20.1 Å². The Morgan fingerprint density at radius 3 is 2.61 bits per heavy atom. The predicted octanol–water partition coefficient (Wildman–Crippen LogP) is 1.58. The second kappa shape index (κ2) is 6.38. The lowest BCUT2D eigenvalue weighted by Crippen LogP contribution is -2.47. The largest absolute Gasteiger partial charge is 0.353 e. The minimum atomic E-state index is 1.00. The van der Waals surface area contributed by atoms with Crippen molar-refractivity contribution >= 4 is 17.6 Å². The van der Waals surface area contributed by atoms with E-state index in [2.05, 4.69) is 26.0 Å². The number of anilines is 1. The van der Waals surface area contributed by atoms with E-state index in [-0.39, 0.29) is 0 Å². The zero-order chi connectivity index (χ0) is 13.0. The molecule has 0 aromatic carbocycles.